The summed E-state index contributed by atoms with van der Waals surface area (Å²) in [5.41, 5.74) is 5.71. The van der Waals surface area contributed by atoms with Gasteiger partial charge < -0.3 is 10.6 Å². The van der Waals surface area contributed by atoms with Crippen LogP contribution in [0.3, 0.4) is 0 Å². The lowest BCUT2D eigenvalue weighted by Crippen LogP contribution is -2.42. The van der Waals surface area contributed by atoms with Crippen LogP contribution in [-0.2, 0) is 4.79 Å². The first kappa shape index (κ1) is 17.1. The number of carbonyl (C=O) groups is 1. The third-order valence-electron chi connectivity index (χ3n) is 3.16. The molecule has 0 aromatic heterocycles. The molecule has 0 spiro atoms. The summed E-state index contributed by atoms with van der Waals surface area (Å²) in [5.74, 6) is 2.82. The number of rotatable bonds is 4. The zero-order valence-corrected chi connectivity index (χ0v) is 12.7. The highest BCUT2D eigenvalue weighted by Gasteiger charge is 2.27. The lowest BCUT2D eigenvalue weighted by Gasteiger charge is -2.32. The molecule has 0 aromatic rings. The zero-order valence-electron chi connectivity index (χ0n) is 11.1. The van der Waals surface area contributed by atoms with E-state index in [1.807, 2.05) is 23.7 Å². The van der Waals surface area contributed by atoms with Gasteiger partial charge in [-0.15, -0.1) is 12.4 Å². The van der Waals surface area contributed by atoms with E-state index in [0.29, 0.717) is 12.5 Å². The Labute approximate surface area is 115 Å². The summed E-state index contributed by atoms with van der Waals surface area (Å²) < 4.78 is 0. The standard InChI is InChI=1S/C12H24N2OS.ClH/c1-12(2,8-13)9-14(3)11(15)10-4-6-16-7-5-10;/h10H,4-9,13H2,1-3H3;1H. The Bertz CT molecular complexity index is 243. The Kier molecular flexibility index (Phi) is 7.52. The van der Waals surface area contributed by atoms with Gasteiger partial charge in [0.05, 0.1) is 0 Å². The van der Waals surface area contributed by atoms with Gasteiger partial charge in [0.25, 0.3) is 0 Å². The van der Waals surface area contributed by atoms with Crippen LogP contribution in [0.15, 0.2) is 0 Å². The van der Waals surface area contributed by atoms with Crippen LogP contribution in [0.1, 0.15) is 26.7 Å². The smallest absolute Gasteiger partial charge is 0.225 e. The fourth-order valence-corrected chi connectivity index (χ4v) is 3.15. The predicted octanol–water partition coefficient (Wildman–Crippen LogP) is 1.99. The molecule has 3 nitrogen and oxygen atoms in total. The molecule has 0 radical (unpaired) electrons. The fraction of sp³-hybridized carbons (Fsp3) is 0.917. The van der Waals surface area contributed by atoms with E-state index in [-0.39, 0.29) is 23.7 Å². The van der Waals surface area contributed by atoms with E-state index in [0.717, 1.165) is 30.9 Å². The van der Waals surface area contributed by atoms with Crippen molar-refractivity contribution in [3.63, 3.8) is 0 Å². The number of thioether (sulfide) groups is 1. The summed E-state index contributed by atoms with van der Waals surface area (Å²) in [6, 6.07) is 0. The molecule has 1 saturated heterocycles. The van der Waals surface area contributed by atoms with Gasteiger partial charge in [-0.2, -0.15) is 11.8 Å². The Morgan fingerprint density at radius 1 is 1.41 bits per heavy atom. The zero-order chi connectivity index (χ0) is 12.2. The average Bonchev–Trinajstić information content (AvgIpc) is 2.28. The van der Waals surface area contributed by atoms with Crippen LogP contribution < -0.4 is 5.73 Å². The minimum Gasteiger partial charge on any atom is -0.345 e. The van der Waals surface area contributed by atoms with Crippen LogP contribution in [-0.4, -0.2) is 42.4 Å². The summed E-state index contributed by atoms with van der Waals surface area (Å²) in [6.45, 7) is 5.58. The molecular formula is C12H25ClN2OS. The molecule has 0 aliphatic carbocycles. The molecule has 0 aromatic carbocycles. The molecule has 0 unspecified atom stereocenters. The highest BCUT2D eigenvalue weighted by atomic mass is 35.5. The van der Waals surface area contributed by atoms with Crippen molar-refractivity contribution in [1.29, 1.82) is 0 Å². The lowest BCUT2D eigenvalue weighted by atomic mass is 9.92. The highest BCUT2D eigenvalue weighted by molar-refractivity contribution is 7.99. The first-order chi connectivity index (χ1) is 7.46. The molecule has 102 valence electrons. The molecule has 2 N–H and O–H groups in total. The molecule has 0 saturated carbocycles. The van der Waals surface area contributed by atoms with Crippen molar-refractivity contribution < 1.29 is 4.79 Å². The van der Waals surface area contributed by atoms with Crippen molar-refractivity contribution in [3.05, 3.63) is 0 Å². The first-order valence-electron chi connectivity index (χ1n) is 5.99. The number of hydrogen-bond acceptors (Lipinski definition) is 3. The van der Waals surface area contributed by atoms with Crippen molar-refractivity contribution in [2.45, 2.75) is 26.7 Å². The maximum atomic E-state index is 12.2. The molecule has 1 aliphatic rings. The van der Waals surface area contributed by atoms with E-state index in [4.69, 9.17) is 5.73 Å². The van der Waals surface area contributed by atoms with E-state index in [9.17, 15) is 4.79 Å². The quantitative estimate of drug-likeness (QED) is 0.857. The van der Waals surface area contributed by atoms with E-state index < -0.39 is 0 Å². The minimum atomic E-state index is 0. The Balaban J connectivity index is 0.00000256. The monoisotopic (exact) mass is 280 g/mol. The molecule has 1 heterocycles. The van der Waals surface area contributed by atoms with Gasteiger partial charge in [0, 0.05) is 19.5 Å². The Morgan fingerprint density at radius 2 is 1.94 bits per heavy atom. The molecular weight excluding hydrogens is 256 g/mol. The van der Waals surface area contributed by atoms with Gasteiger partial charge in [0.2, 0.25) is 5.91 Å². The highest BCUT2D eigenvalue weighted by Crippen LogP contribution is 2.25. The van der Waals surface area contributed by atoms with Gasteiger partial charge >= 0.3 is 0 Å². The predicted molar refractivity (Wildman–Crippen MR) is 77.8 cm³/mol. The number of nitrogens with two attached hydrogens (primary N) is 1. The Morgan fingerprint density at radius 3 is 2.41 bits per heavy atom. The molecule has 1 fully saturated rings. The second-order valence-corrected chi connectivity index (χ2v) is 6.67. The number of halogens is 1. The van der Waals surface area contributed by atoms with Crippen molar-refractivity contribution >= 4 is 30.1 Å². The van der Waals surface area contributed by atoms with E-state index >= 15 is 0 Å². The minimum absolute atomic E-state index is 0. The molecule has 1 rings (SSSR count). The summed E-state index contributed by atoms with van der Waals surface area (Å²) in [7, 11) is 1.90. The van der Waals surface area contributed by atoms with E-state index in [1.54, 1.807) is 0 Å². The van der Waals surface area contributed by atoms with Gasteiger partial charge in [-0.3, -0.25) is 4.79 Å². The lowest BCUT2D eigenvalue weighted by molar-refractivity contribution is -0.135. The van der Waals surface area contributed by atoms with Gasteiger partial charge in [0.15, 0.2) is 0 Å². The van der Waals surface area contributed by atoms with Crippen LogP contribution in [0, 0.1) is 11.3 Å². The fourth-order valence-electron chi connectivity index (χ4n) is 2.04. The summed E-state index contributed by atoms with van der Waals surface area (Å²) in [6.07, 6.45) is 2.08. The topological polar surface area (TPSA) is 46.3 Å². The third-order valence-corrected chi connectivity index (χ3v) is 4.21. The van der Waals surface area contributed by atoms with Gasteiger partial charge in [0.1, 0.15) is 0 Å². The third kappa shape index (κ3) is 5.49. The SMILES string of the molecule is CN(CC(C)(C)CN)C(=O)C1CCSCC1.Cl. The average molecular weight is 281 g/mol. The summed E-state index contributed by atoms with van der Waals surface area (Å²) in [5, 5.41) is 0. The molecule has 0 bridgehead atoms. The van der Waals surface area contributed by atoms with Crippen LogP contribution in [0.5, 0.6) is 0 Å². The Hall–Kier alpha value is 0.0700. The van der Waals surface area contributed by atoms with Crippen LogP contribution in [0.4, 0.5) is 0 Å². The molecule has 0 atom stereocenters. The largest absolute Gasteiger partial charge is 0.345 e. The second-order valence-electron chi connectivity index (χ2n) is 5.45. The maximum Gasteiger partial charge on any atom is 0.225 e. The maximum absolute atomic E-state index is 12.2. The molecule has 5 heteroatoms. The first-order valence-corrected chi connectivity index (χ1v) is 7.14. The van der Waals surface area contributed by atoms with Crippen LogP contribution >= 0.6 is 24.2 Å². The van der Waals surface area contributed by atoms with Gasteiger partial charge in [-0.25, -0.2) is 0 Å². The van der Waals surface area contributed by atoms with Crippen molar-refractivity contribution in [2.75, 3.05) is 31.6 Å². The number of carbonyl (C=O) groups excluding carboxylic acids is 1. The molecule has 17 heavy (non-hydrogen) atoms. The normalized spacial score (nSPS) is 17.4. The number of nitrogens with zero attached hydrogens (tertiary/aromatic N) is 1. The van der Waals surface area contributed by atoms with Gasteiger partial charge in [-0.1, -0.05) is 13.8 Å². The van der Waals surface area contributed by atoms with Crippen molar-refractivity contribution in [3.8, 4) is 0 Å². The van der Waals surface area contributed by atoms with Crippen LogP contribution in [0.25, 0.3) is 0 Å². The van der Waals surface area contributed by atoms with Crippen LogP contribution in [0.2, 0.25) is 0 Å². The second kappa shape index (κ2) is 7.49. The van der Waals surface area contributed by atoms with Crippen molar-refractivity contribution in [2.24, 2.45) is 17.1 Å². The molecule has 1 aliphatic heterocycles. The number of hydrogen-bond donors (Lipinski definition) is 1. The van der Waals surface area contributed by atoms with E-state index in [1.165, 1.54) is 0 Å². The summed E-state index contributed by atoms with van der Waals surface area (Å²) in [4.78, 5) is 14.0. The van der Waals surface area contributed by atoms with Crippen molar-refractivity contribution in [1.82, 2.24) is 4.90 Å². The van der Waals surface area contributed by atoms with Gasteiger partial charge in [-0.05, 0) is 36.3 Å². The number of amides is 1. The summed E-state index contributed by atoms with van der Waals surface area (Å²) >= 11 is 1.95. The molecule has 1 amide bonds. The van der Waals surface area contributed by atoms with E-state index in [2.05, 4.69) is 13.8 Å².